The fourth-order valence-electron chi connectivity index (χ4n) is 1.96. The molecule has 3 nitrogen and oxygen atoms in total. The maximum absolute atomic E-state index is 9.78. The lowest BCUT2D eigenvalue weighted by Crippen LogP contribution is -2.01. The van der Waals surface area contributed by atoms with Crippen LogP contribution >= 0.6 is 0 Å². The molecule has 1 N–H and O–H groups in total. The highest BCUT2D eigenvalue weighted by atomic mass is 16.5. The third kappa shape index (κ3) is 3.52. The molecule has 0 unspecified atom stereocenters. The molecule has 0 fully saturated rings. The number of aliphatic hydroxyl groups excluding tert-OH is 1. The van der Waals surface area contributed by atoms with Crippen LogP contribution in [0.3, 0.4) is 0 Å². The standard InChI is InChI=1S/C17H20O3/c1-12-4-6-14(7-5-12)11-20-17-10-15(19-3)8-9-16(17)13(2)18/h4-10,13,18H,11H2,1-3H3/t13-/m1/s1. The maximum Gasteiger partial charge on any atom is 0.129 e. The minimum atomic E-state index is -0.575. The summed E-state index contributed by atoms with van der Waals surface area (Å²) in [6, 6.07) is 13.6. The molecule has 20 heavy (non-hydrogen) atoms. The molecule has 0 radical (unpaired) electrons. The van der Waals surface area contributed by atoms with Crippen molar-refractivity contribution in [3.8, 4) is 11.5 Å². The lowest BCUT2D eigenvalue weighted by molar-refractivity contribution is 0.190. The van der Waals surface area contributed by atoms with Gasteiger partial charge in [-0.05, 0) is 31.5 Å². The zero-order valence-electron chi connectivity index (χ0n) is 12.1. The van der Waals surface area contributed by atoms with Gasteiger partial charge >= 0.3 is 0 Å². The number of hydrogen-bond acceptors (Lipinski definition) is 3. The van der Waals surface area contributed by atoms with Gasteiger partial charge in [-0.25, -0.2) is 0 Å². The van der Waals surface area contributed by atoms with Crippen molar-refractivity contribution in [2.45, 2.75) is 26.6 Å². The van der Waals surface area contributed by atoms with Crippen molar-refractivity contribution in [1.82, 2.24) is 0 Å². The summed E-state index contributed by atoms with van der Waals surface area (Å²) < 4.78 is 11.0. The van der Waals surface area contributed by atoms with Crippen LogP contribution in [0.4, 0.5) is 0 Å². The first-order valence-corrected chi connectivity index (χ1v) is 6.64. The molecular formula is C17H20O3. The lowest BCUT2D eigenvalue weighted by atomic mass is 10.1. The summed E-state index contributed by atoms with van der Waals surface area (Å²) in [7, 11) is 1.61. The van der Waals surface area contributed by atoms with E-state index in [1.807, 2.05) is 24.3 Å². The molecule has 0 saturated heterocycles. The second-order valence-electron chi connectivity index (χ2n) is 4.85. The van der Waals surface area contributed by atoms with Crippen LogP contribution in [0.2, 0.25) is 0 Å². The van der Waals surface area contributed by atoms with Crippen molar-refractivity contribution in [3.63, 3.8) is 0 Å². The van der Waals surface area contributed by atoms with Crippen LogP contribution in [0.25, 0.3) is 0 Å². The van der Waals surface area contributed by atoms with Crippen LogP contribution in [-0.4, -0.2) is 12.2 Å². The SMILES string of the molecule is COc1ccc([C@@H](C)O)c(OCc2ccc(C)cc2)c1. The zero-order chi connectivity index (χ0) is 14.5. The second kappa shape index (κ2) is 6.44. The summed E-state index contributed by atoms with van der Waals surface area (Å²) in [4.78, 5) is 0. The van der Waals surface area contributed by atoms with Gasteiger partial charge in [0.2, 0.25) is 0 Å². The number of benzene rings is 2. The molecule has 0 aliphatic carbocycles. The topological polar surface area (TPSA) is 38.7 Å². The number of aliphatic hydroxyl groups is 1. The van der Waals surface area contributed by atoms with E-state index < -0.39 is 6.10 Å². The van der Waals surface area contributed by atoms with Crippen LogP contribution < -0.4 is 9.47 Å². The van der Waals surface area contributed by atoms with Gasteiger partial charge in [-0.2, -0.15) is 0 Å². The normalized spacial score (nSPS) is 12.0. The van der Waals surface area contributed by atoms with Crippen molar-refractivity contribution in [2.24, 2.45) is 0 Å². The predicted molar refractivity (Wildman–Crippen MR) is 79.1 cm³/mol. The van der Waals surface area contributed by atoms with Crippen molar-refractivity contribution in [1.29, 1.82) is 0 Å². The highest BCUT2D eigenvalue weighted by Gasteiger charge is 2.10. The van der Waals surface area contributed by atoms with Crippen molar-refractivity contribution in [2.75, 3.05) is 7.11 Å². The monoisotopic (exact) mass is 272 g/mol. The molecule has 3 heteroatoms. The first-order chi connectivity index (χ1) is 9.60. The van der Waals surface area contributed by atoms with Crippen LogP contribution in [0.5, 0.6) is 11.5 Å². The molecule has 2 aromatic rings. The van der Waals surface area contributed by atoms with Crippen molar-refractivity contribution in [3.05, 3.63) is 59.2 Å². The van der Waals surface area contributed by atoms with Gasteiger partial charge in [0.25, 0.3) is 0 Å². The Morgan fingerprint density at radius 1 is 1.10 bits per heavy atom. The van der Waals surface area contributed by atoms with E-state index in [0.717, 1.165) is 11.1 Å². The molecule has 2 rings (SSSR count). The van der Waals surface area contributed by atoms with Crippen LogP contribution in [-0.2, 0) is 6.61 Å². The van der Waals surface area contributed by atoms with Gasteiger partial charge in [-0.1, -0.05) is 29.8 Å². The summed E-state index contributed by atoms with van der Waals surface area (Å²) in [5.74, 6) is 1.37. The number of methoxy groups -OCH3 is 1. The Labute approximate surface area is 119 Å². The first-order valence-electron chi connectivity index (χ1n) is 6.64. The molecule has 0 aliphatic rings. The zero-order valence-corrected chi connectivity index (χ0v) is 12.1. The molecular weight excluding hydrogens is 252 g/mol. The fraction of sp³-hybridized carbons (Fsp3) is 0.294. The van der Waals surface area contributed by atoms with E-state index in [2.05, 4.69) is 19.1 Å². The van der Waals surface area contributed by atoms with E-state index in [-0.39, 0.29) is 0 Å². The van der Waals surface area contributed by atoms with E-state index >= 15 is 0 Å². The Morgan fingerprint density at radius 2 is 1.80 bits per heavy atom. The highest BCUT2D eigenvalue weighted by molar-refractivity contribution is 5.42. The van der Waals surface area contributed by atoms with Crippen molar-refractivity contribution < 1.29 is 14.6 Å². The van der Waals surface area contributed by atoms with Gasteiger partial charge in [0.1, 0.15) is 18.1 Å². The third-order valence-electron chi connectivity index (χ3n) is 3.19. The molecule has 0 heterocycles. The van der Waals surface area contributed by atoms with E-state index in [0.29, 0.717) is 18.1 Å². The number of hydrogen-bond donors (Lipinski definition) is 1. The Kier molecular flexibility index (Phi) is 4.64. The lowest BCUT2D eigenvalue weighted by Gasteiger charge is -2.15. The number of rotatable bonds is 5. The molecule has 0 spiro atoms. The van der Waals surface area contributed by atoms with Crippen LogP contribution in [0, 0.1) is 6.92 Å². The molecule has 0 aliphatic heterocycles. The summed E-state index contributed by atoms with van der Waals surface area (Å²) in [5.41, 5.74) is 3.08. The average Bonchev–Trinajstić information content (AvgIpc) is 2.46. The molecule has 1 atom stereocenters. The Balaban J connectivity index is 2.16. The number of ether oxygens (including phenoxy) is 2. The smallest absolute Gasteiger partial charge is 0.129 e. The molecule has 106 valence electrons. The fourth-order valence-corrected chi connectivity index (χ4v) is 1.96. The summed E-state index contributed by atoms with van der Waals surface area (Å²) in [6.45, 7) is 4.24. The van der Waals surface area contributed by atoms with E-state index in [1.165, 1.54) is 5.56 Å². The largest absolute Gasteiger partial charge is 0.497 e. The van der Waals surface area contributed by atoms with Gasteiger partial charge in [-0.15, -0.1) is 0 Å². The second-order valence-corrected chi connectivity index (χ2v) is 4.85. The molecule has 0 bridgehead atoms. The molecule has 0 saturated carbocycles. The van der Waals surface area contributed by atoms with Gasteiger partial charge in [0.05, 0.1) is 13.2 Å². The minimum absolute atomic E-state index is 0.465. The quantitative estimate of drug-likeness (QED) is 0.903. The highest BCUT2D eigenvalue weighted by Crippen LogP contribution is 2.30. The Bertz CT molecular complexity index is 559. The van der Waals surface area contributed by atoms with Gasteiger partial charge < -0.3 is 14.6 Å². The summed E-state index contributed by atoms with van der Waals surface area (Å²) in [5, 5.41) is 9.78. The van der Waals surface area contributed by atoms with E-state index in [9.17, 15) is 5.11 Å². The van der Waals surface area contributed by atoms with Gasteiger partial charge in [0.15, 0.2) is 0 Å². The van der Waals surface area contributed by atoms with Crippen LogP contribution in [0.1, 0.15) is 29.7 Å². The molecule has 2 aromatic carbocycles. The number of aryl methyl sites for hydroxylation is 1. The Morgan fingerprint density at radius 3 is 2.40 bits per heavy atom. The van der Waals surface area contributed by atoms with E-state index in [4.69, 9.17) is 9.47 Å². The van der Waals surface area contributed by atoms with Gasteiger partial charge in [0, 0.05) is 11.6 Å². The predicted octanol–water partition coefficient (Wildman–Crippen LogP) is 3.64. The first kappa shape index (κ1) is 14.4. The maximum atomic E-state index is 9.78. The summed E-state index contributed by atoms with van der Waals surface area (Å²) >= 11 is 0. The molecule has 0 amide bonds. The van der Waals surface area contributed by atoms with Crippen molar-refractivity contribution >= 4 is 0 Å². The third-order valence-corrected chi connectivity index (χ3v) is 3.19. The van der Waals surface area contributed by atoms with Crippen LogP contribution in [0.15, 0.2) is 42.5 Å². The molecule has 0 aromatic heterocycles. The Hall–Kier alpha value is -2.00. The van der Waals surface area contributed by atoms with Gasteiger partial charge in [-0.3, -0.25) is 0 Å². The van der Waals surface area contributed by atoms with E-state index in [1.54, 1.807) is 20.1 Å². The summed E-state index contributed by atoms with van der Waals surface area (Å²) in [6.07, 6.45) is -0.575. The minimum Gasteiger partial charge on any atom is -0.497 e. The average molecular weight is 272 g/mol.